The highest BCUT2D eigenvalue weighted by molar-refractivity contribution is 5.69. The topological polar surface area (TPSA) is 63.2 Å². The molecule has 0 unspecified atom stereocenters. The van der Waals surface area contributed by atoms with Gasteiger partial charge in [-0.15, -0.1) is 0 Å². The fraction of sp³-hybridized carbons (Fsp3) is 0.708. The molecule has 168 valence electrons. The molecule has 0 aromatic heterocycles. The Kier molecular flexibility index (Phi) is 8.14. The lowest BCUT2D eigenvalue weighted by molar-refractivity contribution is -0.238. The Labute approximate surface area is 180 Å². The van der Waals surface area contributed by atoms with Crippen LogP contribution in [0.1, 0.15) is 45.6 Å². The van der Waals surface area contributed by atoms with Crippen molar-refractivity contribution >= 4 is 5.97 Å². The van der Waals surface area contributed by atoms with Crippen LogP contribution in [0.25, 0.3) is 0 Å². The van der Waals surface area contributed by atoms with Crippen molar-refractivity contribution in [3.05, 3.63) is 29.8 Å². The zero-order chi connectivity index (χ0) is 21.7. The summed E-state index contributed by atoms with van der Waals surface area (Å²) in [6.45, 7) is 7.90. The summed E-state index contributed by atoms with van der Waals surface area (Å²) in [6.07, 6.45) is 2.24. The Bertz CT molecular complexity index is 673. The second-order valence-corrected chi connectivity index (χ2v) is 8.78. The van der Waals surface area contributed by atoms with Crippen LogP contribution in [0.5, 0.6) is 5.75 Å². The number of hydrogen-bond donors (Lipinski definition) is 0. The second-order valence-electron chi connectivity index (χ2n) is 8.78. The van der Waals surface area contributed by atoms with E-state index >= 15 is 0 Å². The zero-order valence-electron chi connectivity index (χ0n) is 18.8. The predicted octanol–water partition coefficient (Wildman–Crippen LogP) is 4.00. The van der Waals surface area contributed by atoms with Crippen LogP contribution in [0.15, 0.2) is 24.3 Å². The van der Waals surface area contributed by atoms with Crippen LogP contribution in [0.2, 0.25) is 0 Å². The fourth-order valence-electron chi connectivity index (χ4n) is 4.68. The smallest absolute Gasteiger partial charge is 0.308 e. The Balaban J connectivity index is 1.50. The van der Waals surface area contributed by atoms with Gasteiger partial charge >= 0.3 is 5.97 Å². The van der Waals surface area contributed by atoms with E-state index in [0.29, 0.717) is 31.5 Å². The Morgan fingerprint density at radius 2 is 1.83 bits per heavy atom. The van der Waals surface area contributed by atoms with Gasteiger partial charge in [-0.05, 0) is 42.4 Å². The third-order valence-corrected chi connectivity index (χ3v) is 6.68. The lowest BCUT2D eigenvalue weighted by atomic mass is 9.75. The molecule has 6 nitrogen and oxygen atoms in total. The van der Waals surface area contributed by atoms with Crippen molar-refractivity contribution in [2.45, 2.75) is 71.1 Å². The second kappa shape index (κ2) is 10.6. The third kappa shape index (κ3) is 5.54. The zero-order valence-corrected chi connectivity index (χ0v) is 18.8. The molecule has 0 saturated carbocycles. The molecule has 0 bridgehead atoms. The standard InChI is InChI=1S/C24H36O6/c1-15(13-28-14-18-6-8-19(26-4)9-7-18)23-16(2)17(3)24-21(30-23)11-10-20(29-24)12-22(25)27-5/h6-9,15-17,20-21,23-24H,10-14H2,1-5H3/t15-,16-,17+,20+,21-,23-,24+/m0/s1. The number of carbonyl (C=O) groups is 1. The van der Waals surface area contributed by atoms with Gasteiger partial charge in [-0.3, -0.25) is 4.79 Å². The number of fused-ring (bicyclic) bond motifs is 1. The highest BCUT2D eigenvalue weighted by Gasteiger charge is 2.46. The summed E-state index contributed by atoms with van der Waals surface area (Å²) in [5, 5.41) is 0. The minimum atomic E-state index is -0.212. The molecule has 0 N–H and O–H groups in total. The van der Waals surface area contributed by atoms with Crippen molar-refractivity contribution in [1.82, 2.24) is 0 Å². The number of esters is 1. The number of ether oxygens (including phenoxy) is 5. The van der Waals surface area contributed by atoms with Crippen LogP contribution < -0.4 is 4.74 Å². The molecule has 0 amide bonds. The first-order valence-electron chi connectivity index (χ1n) is 11.0. The molecule has 2 aliphatic heterocycles. The summed E-state index contributed by atoms with van der Waals surface area (Å²) in [5.74, 6) is 1.63. The van der Waals surface area contributed by atoms with Crippen molar-refractivity contribution in [2.24, 2.45) is 17.8 Å². The first kappa shape index (κ1) is 23.0. The number of methoxy groups -OCH3 is 2. The van der Waals surface area contributed by atoms with Crippen LogP contribution in [-0.4, -0.2) is 51.2 Å². The molecule has 30 heavy (non-hydrogen) atoms. The van der Waals surface area contributed by atoms with Crippen molar-refractivity contribution in [2.75, 3.05) is 20.8 Å². The predicted molar refractivity (Wildman–Crippen MR) is 113 cm³/mol. The molecule has 2 fully saturated rings. The van der Waals surface area contributed by atoms with E-state index in [-0.39, 0.29) is 36.3 Å². The van der Waals surface area contributed by atoms with Crippen molar-refractivity contribution in [1.29, 1.82) is 0 Å². The first-order valence-corrected chi connectivity index (χ1v) is 11.0. The molecule has 6 heteroatoms. The molecule has 2 heterocycles. The Morgan fingerprint density at radius 3 is 2.50 bits per heavy atom. The highest BCUT2D eigenvalue weighted by atomic mass is 16.6. The number of hydrogen-bond acceptors (Lipinski definition) is 6. The van der Waals surface area contributed by atoms with Gasteiger partial charge in [-0.25, -0.2) is 0 Å². The monoisotopic (exact) mass is 420 g/mol. The lowest BCUT2D eigenvalue weighted by Crippen LogP contribution is -2.55. The highest BCUT2D eigenvalue weighted by Crippen LogP contribution is 2.41. The van der Waals surface area contributed by atoms with E-state index in [4.69, 9.17) is 23.7 Å². The third-order valence-electron chi connectivity index (χ3n) is 6.68. The van der Waals surface area contributed by atoms with Gasteiger partial charge in [-0.1, -0.05) is 32.9 Å². The minimum absolute atomic E-state index is 0.0343. The average Bonchev–Trinajstić information content (AvgIpc) is 2.76. The van der Waals surface area contributed by atoms with Gasteiger partial charge in [0, 0.05) is 5.92 Å². The van der Waals surface area contributed by atoms with Gasteiger partial charge in [0.15, 0.2) is 0 Å². The summed E-state index contributed by atoms with van der Waals surface area (Å²) in [6, 6.07) is 7.96. The molecule has 0 radical (unpaired) electrons. The number of carbonyl (C=O) groups excluding carboxylic acids is 1. The van der Waals surface area contributed by atoms with Crippen LogP contribution >= 0.6 is 0 Å². The first-order chi connectivity index (χ1) is 14.4. The summed E-state index contributed by atoms with van der Waals surface area (Å²) >= 11 is 0. The molecule has 0 spiro atoms. The van der Waals surface area contributed by atoms with E-state index in [1.807, 2.05) is 24.3 Å². The van der Waals surface area contributed by atoms with Gasteiger partial charge in [0.1, 0.15) is 5.75 Å². The maximum absolute atomic E-state index is 11.6. The van der Waals surface area contributed by atoms with Crippen LogP contribution in [0.4, 0.5) is 0 Å². The van der Waals surface area contributed by atoms with E-state index in [9.17, 15) is 4.79 Å². The van der Waals surface area contributed by atoms with Crippen LogP contribution in [-0.2, 0) is 30.3 Å². The largest absolute Gasteiger partial charge is 0.497 e. The summed E-state index contributed by atoms with van der Waals surface area (Å²) in [4.78, 5) is 11.6. The molecule has 3 rings (SSSR count). The SMILES string of the molecule is COC(=O)C[C@H]1CC[C@@H]2O[C@@H]([C@@H](C)COCc3ccc(OC)cc3)[C@@H](C)[C@@H](C)[C@H]2O1. The Hall–Kier alpha value is -1.63. The van der Waals surface area contributed by atoms with Gasteiger partial charge in [-0.2, -0.15) is 0 Å². The lowest BCUT2D eigenvalue weighted by Gasteiger charge is -2.50. The Morgan fingerprint density at radius 1 is 1.10 bits per heavy atom. The maximum atomic E-state index is 11.6. The van der Waals surface area contributed by atoms with Gasteiger partial charge in [0.05, 0.1) is 58.3 Å². The normalized spacial score (nSPS) is 32.2. The van der Waals surface area contributed by atoms with Crippen molar-refractivity contribution < 1.29 is 28.5 Å². The van der Waals surface area contributed by atoms with E-state index in [1.165, 1.54) is 7.11 Å². The van der Waals surface area contributed by atoms with E-state index in [2.05, 4.69) is 20.8 Å². The summed E-state index contributed by atoms with van der Waals surface area (Å²) in [7, 11) is 3.09. The minimum Gasteiger partial charge on any atom is -0.497 e. The van der Waals surface area contributed by atoms with Crippen LogP contribution in [0.3, 0.4) is 0 Å². The van der Waals surface area contributed by atoms with Crippen molar-refractivity contribution in [3.8, 4) is 5.75 Å². The fourth-order valence-corrected chi connectivity index (χ4v) is 4.68. The summed E-state index contributed by atoms with van der Waals surface area (Å²) < 4.78 is 28.8. The van der Waals surface area contributed by atoms with Crippen molar-refractivity contribution in [3.63, 3.8) is 0 Å². The molecule has 2 saturated heterocycles. The van der Waals surface area contributed by atoms with Crippen LogP contribution in [0, 0.1) is 17.8 Å². The van der Waals surface area contributed by atoms with Gasteiger partial charge < -0.3 is 23.7 Å². The van der Waals surface area contributed by atoms with E-state index < -0.39 is 0 Å². The molecular weight excluding hydrogens is 384 g/mol. The molecule has 0 aliphatic carbocycles. The van der Waals surface area contributed by atoms with E-state index in [1.54, 1.807) is 7.11 Å². The molecule has 7 atom stereocenters. The average molecular weight is 421 g/mol. The molecule has 2 aliphatic rings. The van der Waals surface area contributed by atoms with E-state index in [0.717, 1.165) is 24.2 Å². The molecular formula is C24H36O6. The molecule has 1 aromatic carbocycles. The molecule has 1 aromatic rings. The van der Waals surface area contributed by atoms with Gasteiger partial charge in [0.25, 0.3) is 0 Å². The summed E-state index contributed by atoms with van der Waals surface area (Å²) in [5.41, 5.74) is 1.13. The quantitative estimate of drug-likeness (QED) is 0.593. The maximum Gasteiger partial charge on any atom is 0.308 e. The van der Waals surface area contributed by atoms with Gasteiger partial charge in [0.2, 0.25) is 0 Å². The number of benzene rings is 1. The number of rotatable bonds is 8.